The second kappa shape index (κ2) is 5.58. The van der Waals surface area contributed by atoms with E-state index in [0.717, 1.165) is 25.2 Å². The Morgan fingerprint density at radius 3 is 2.33 bits per heavy atom. The summed E-state index contributed by atoms with van der Waals surface area (Å²) in [5.41, 5.74) is 5.85. The highest BCUT2D eigenvalue weighted by Crippen LogP contribution is 2.34. The molecule has 1 aliphatic carbocycles. The van der Waals surface area contributed by atoms with Crippen molar-refractivity contribution in [3.05, 3.63) is 18.2 Å². The zero-order valence-electron chi connectivity index (χ0n) is 12.1. The molecule has 118 valence electrons. The lowest BCUT2D eigenvalue weighted by molar-refractivity contribution is 0.403. The summed E-state index contributed by atoms with van der Waals surface area (Å²) in [7, 11) is -7.25. The van der Waals surface area contributed by atoms with Gasteiger partial charge in [0, 0.05) is 18.8 Å². The first-order valence-electron chi connectivity index (χ1n) is 6.79. The number of nitrogens with zero attached hydrogens (tertiary/aromatic N) is 1. The van der Waals surface area contributed by atoms with Crippen LogP contribution in [0.1, 0.15) is 26.2 Å². The van der Waals surface area contributed by atoms with Gasteiger partial charge >= 0.3 is 0 Å². The van der Waals surface area contributed by atoms with Crippen LogP contribution in [0, 0.1) is 0 Å². The summed E-state index contributed by atoms with van der Waals surface area (Å²) in [5.74, 6) is 0. The van der Waals surface area contributed by atoms with E-state index in [1.165, 1.54) is 16.4 Å². The van der Waals surface area contributed by atoms with Gasteiger partial charge in [-0.2, -0.15) is 4.31 Å². The molecule has 2 N–H and O–H groups in total. The summed E-state index contributed by atoms with van der Waals surface area (Å²) in [6.07, 6.45) is 3.41. The molecule has 1 aromatic rings. The molecule has 21 heavy (non-hydrogen) atoms. The average molecular weight is 332 g/mol. The first-order valence-corrected chi connectivity index (χ1v) is 10.1. The molecular formula is C13H20N2O4S2. The van der Waals surface area contributed by atoms with Gasteiger partial charge in [-0.3, -0.25) is 0 Å². The van der Waals surface area contributed by atoms with Crippen LogP contribution < -0.4 is 5.73 Å². The van der Waals surface area contributed by atoms with E-state index in [-0.39, 0.29) is 21.5 Å². The number of sulfone groups is 1. The van der Waals surface area contributed by atoms with Gasteiger partial charge in [0.15, 0.2) is 9.84 Å². The quantitative estimate of drug-likeness (QED) is 0.790. The van der Waals surface area contributed by atoms with Crippen LogP contribution in [0.5, 0.6) is 0 Å². The predicted octanol–water partition coefficient (Wildman–Crippen LogP) is 1.24. The molecule has 0 radical (unpaired) electrons. The van der Waals surface area contributed by atoms with Crippen LogP contribution in [0.25, 0.3) is 0 Å². The molecule has 0 aromatic heterocycles. The molecule has 6 nitrogen and oxygen atoms in total. The topological polar surface area (TPSA) is 97.5 Å². The van der Waals surface area contributed by atoms with E-state index in [1.807, 2.05) is 6.92 Å². The highest BCUT2D eigenvalue weighted by molar-refractivity contribution is 7.91. The minimum absolute atomic E-state index is 0.0104. The van der Waals surface area contributed by atoms with E-state index in [0.29, 0.717) is 13.0 Å². The van der Waals surface area contributed by atoms with Crippen LogP contribution in [0.2, 0.25) is 0 Å². The van der Waals surface area contributed by atoms with Crippen molar-refractivity contribution < 1.29 is 16.8 Å². The number of nitrogen functional groups attached to an aromatic ring is 1. The Hall–Kier alpha value is -1.12. The summed E-state index contributed by atoms with van der Waals surface area (Å²) in [5, 5.41) is 0. The molecule has 1 fully saturated rings. The van der Waals surface area contributed by atoms with Gasteiger partial charge in [-0.25, -0.2) is 16.8 Å². The second-order valence-electron chi connectivity index (χ2n) is 5.32. The minimum atomic E-state index is -3.77. The summed E-state index contributed by atoms with van der Waals surface area (Å²) < 4.78 is 50.2. The van der Waals surface area contributed by atoms with Crippen LogP contribution in [0.4, 0.5) is 5.69 Å². The third kappa shape index (κ3) is 3.38. The van der Waals surface area contributed by atoms with Gasteiger partial charge in [0.25, 0.3) is 0 Å². The summed E-state index contributed by atoms with van der Waals surface area (Å²) in [6, 6.07) is 3.83. The Kier molecular flexibility index (Phi) is 4.32. The zero-order chi connectivity index (χ0) is 15.8. The lowest BCUT2D eigenvalue weighted by atomic mass is 10.3. The normalized spacial score (nSPS) is 16.3. The fraction of sp³-hybridized carbons (Fsp3) is 0.538. The van der Waals surface area contributed by atoms with Crippen LogP contribution in [-0.2, 0) is 19.9 Å². The fourth-order valence-corrected chi connectivity index (χ4v) is 4.82. The summed E-state index contributed by atoms with van der Waals surface area (Å²) in [4.78, 5) is -0.159. The molecule has 1 aliphatic rings. The van der Waals surface area contributed by atoms with Crippen molar-refractivity contribution in [2.45, 2.75) is 42.0 Å². The van der Waals surface area contributed by atoms with Crippen molar-refractivity contribution in [2.24, 2.45) is 0 Å². The minimum Gasteiger partial charge on any atom is -0.398 e. The lowest BCUT2D eigenvalue weighted by Gasteiger charge is -2.22. The molecule has 0 amide bonds. The van der Waals surface area contributed by atoms with E-state index >= 15 is 0 Å². The molecular weight excluding hydrogens is 312 g/mol. The maximum absolute atomic E-state index is 12.8. The molecule has 0 atom stereocenters. The van der Waals surface area contributed by atoms with Crippen molar-refractivity contribution in [3.8, 4) is 0 Å². The van der Waals surface area contributed by atoms with Crippen molar-refractivity contribution in [2.75, 3.05) is 18.5 Å². The Labute approximate surface area is 125 Å². The molecule has 8 heteroatoms. The smallest absolute Gasteiger partial charge is 0.245 e. The van der Waals surface area contributed by atoms with E-state index in [9.17, 15) is 16.8 Å². The second-order valence-corrected chi connectivity index (χ2v) is 9.19. The highest BCUT2D eigenvalue weighted by atomic mass is 32.2. The largest absolute Gasteiger partial charge is 0.398 e. The number of sulfonamides is 1. The molecule has 1 aromatic carbocycles. The number of hydrogen-bond donors (Lipinski definition) is 1. The standard InChI is InChI=1S/C13H20N2O4S2/c1-3-8-15(10-4-5-10)21(18,19)13-9-11(20(2,16)17)6-7-12(13)14/h6-7,9-10H,3-5,8,14H2,1-2H3. The monoisotopic (exact) mass is 332 g/mol. The maximum atomic E-state index is 12.8. The van der Waals surface area contributed by atoms with Crippen LogP contribution >= 0.6 is 0 Å². The molecule has 0 bridgehead atoms. The van der Waals surface area contributed by atoms with Crippen molar-refractivity contribution in [3.63, 3.8) is 0 Å². The van der Waals surface area contributed by atoms with Crippen molar-refractivity contribution in [1.29, 1.82) is 0 Å². The van der Waals surface area contributed by atoms with Gasteiger partial charge in [0.2, 0.25) is 10.0 Å². The van der Waals surface area contributed by atoms with Crippen molar-refractivity contribution >= 4 is 25.5 Å². The maximum Gasteiger partial charge on any atom is 0.245 e. The third-order valence-electron chi connectivity index (χ3n) is 3.40. The fourth-order valence-electron chi connectivity index (χ4n) is 2.18. The first kappa shape index (κ1) is 16.3. The van der Waals surface area contributed by atoms with Gasteiger partial charge < -0.3 is 5.73 Å². The van der Waals surface area contributed by atoms with Gasteiger partial charge in [-0.1, -0.05) is 6.92 Å². The molecule has 0 saturated heterocycles. The number of anilines is 1. The van der Waals surface area contributed by atoms with E-state index in [4.69, 9.17) is 5.73 Å². The van der Waals surface area contributed by atoms with E-state index in [1.54, 1.807) is 0 Å². The molecule has 0 spiro atoms. The molecule has 0 heterocycles. The SMILES string of the molecule is CCCN(C1CC1)S(=O)(=O)c1cc(S(C)(=O)=O)ccc1N. The number of hydrogen-bond acceptors (Lipinski definition) is 5. The Morgan fingerprint density at radius 1 is 1.24 bits per heavy atom. The third-order valence-corrected chi connectivity index (χ3v) is 6.52. The van der Waals surface area contributed by atoms with Gasteiger partial charge in [-0.05, 0) is 37.5 Å². The van der Waals surface area contributed by atoms with Crippen LogP contribution in [-0.4, -0.2) is 40.0 Å². The Balaban J connectivity index is 2.53. The van der Waals surface area contributed by atoms with Gasteiger partial charge in [-0.15, -0.1) is 0 Å². The highest BCUT2D eigenvalue weighted by Gasteiger charge is 2.38. The average Bonchev–Trinajstić information content (AvgIpc) is 3.18. The predicted molar refractivity (Wildman–Crippen MR) is 81.2 cm³/mol. The summed E-state index contributed by atoms with van der Waals surface area (Å²) >= 11 is 0. The first-order chi connectivity index (χ1) is 9.67. The number of benzene rings is 1. The van der Waals surface area contributed by atoms with Gasteiger partial charge in [0.05, 0.1) is 10.6 Å². The molecule has 2 rings (SSSR count). The Morgan fingerprint density at radius 2 is 1.86 bits per heavy atom. The van der Waals surface area contributed by atoms with Gasteiger partial charge in [0.1, 0.15) is 4.90 Å². The van der Waals surface area contributed by atoms with Crippen molar-refractivity contribution in [1.82, 2.24) is 4.31 Å². The summed E-state index contributed by atoms with van der Waals surface area (Å²) in [6.45, 7) is 2.32. The zero-order valence-corrected chi connectivity index (χ0v) is 13.7. The molecule has 0 aliphatic heterocycles. The number of rotatable bonds is 6. The Bertz CT molecular complexity index is 737. The lowest BCUT2D eigenvalue weighted by Crippen LogP contribution is -2.34. The van der Waals surface area contributed by atoms with Crippen LogP contribution in [0.3, 0.4) is 0 Å². The molecule has 0 unspecified atom stereocenters. The molecule has 1 saturated carbocycles. The number of nitrogens with two attached hydrogens (primary N) is 1. The van der Waals surface area contributed by atoms with Crippen LogP contribution in [0.15, 0.2) is 28.0 Å². The van der Waals surface area contributed by atoms with E-state index in [2.05, 4.69) is 0 Å². The van der Waals surface area contributed by atoms with E-state index < -0.39 is 19.9 Å².